The highest BCUT2D eigenvalue weighted by Gasteiger charge is 2.24. The standard InChI is InChI=1S/C47H30N2O.2C41H26N2O/c1-3-11-31(12-4-1)32-19-21-33(22-20-32)36-27-42(48-43(28-36)35-24-26-41-40-16-8-10-18-46(40)50-47(41)30-35)34-23-25-39-38-15-7-9-17-44(38)49(45(39)29-34)37-13-5-2-6-14-37;1-3-12-27(13-4-1)29-25-35(28-22-23-40-34(24-28)31-16-8-10-21-39(31)44-40)42-36(26-29)32-18-11-20-38-41(32)33-17-7-9-19-37(33)43(38)30-14-5-2-6-15-30;1-3-11-27(12-4-1)30-25-36(42-37(26-30)29-20-22-41-35(24-29)33-16-8-10-18-40(33)44-41)28-19-21-39-34(23-28)32-15-7-9-17-38(32)43(39)31-13-5-2-6-14-31/h1-30H;2*1-26H. The fourth-order valence-corrected chi connectivity index (χ4v) is 20.4. The molecule has 0 bridgehead atoms. The van der Waals surface area contributed by atoms with Gasteiger partial charge >= 0.3 is 0 Å². The van der Waals surface area contributed by atoms with E-state index in [-0.39, 0.29) is 0 Å². The Morgan fingerprint density at radius 1 is 0.138 bits per heavy atom. The van der Waals surface area contributed by atoms with E-state index in [1.807, 2.05) is 36.4 Å². The van der Waals surface area contributed by atoms with Crippen LogP contribution in [-0.4, -0.2) is 28.7 Å². The number of para-hydroxylation sites is 9. The molecule has 0 radical (unpaired) electrons. The Morgan fingerprint density at radius 3 is 0.899 bits per heavy atom. The minimum Gasteiger partial charge on any atom is -0.456 e. The third-order valence-electron chi connectivity index (χ3n) is 27.0. The molecule has 9 heteroatoms. The highest BCUT2D eigenvalue weighted by molar-refractivity contribution is 6.17. The lowest BCUT2D eigenvalue weighted by molar-refractivity contribution is 0.668. The molecule has 0 aliphatic heterocycles. The lowest BCUT2D eigenvalue weighted by Crippen LogP contribution is -1.94. The molecule has 0 amide bonds. The third-order valence-corrected chi connectivity index (χ3v) is 27.0. The molecule has 646 valence electrons. The molecule has 19 aromatic carbocycles. The molecule has 0 atom stereocenters. The van der Waals surface area contributed by atoms with Gasteiger partial charge in [0.2, 0.25) is 0 Å². The Hall–Kier alpha value is -18.6. The Bertz CT molecular complexity index is 9570. The molecule has 28 aromatic rings. The summed E-state index contributed by atoms with van der Waals surface area (Å²) in [6.07, 6.45) is 0. The van der Waals surface area contributed by atoms with E-state index < -0.39 is 0 Å². The van der Waals surface area contributed by atoms with Crippen molar-refractivity contribution in [1.29, 1.82) is 0 Å². The van der Waals surface area contributed by atoms with Crippen molar-refractivity contribution in [2.75, 3.05) is 0 Å². The summed E-state index contributed by atoms with van der Waals surface area (Å²) in [5.74, 6) is 0. The van der Waals surface area contributed by atoms with Crippen molar-refractivity contribution in [2.24, 2.45) is 0 Å². The van der Waals surface area contributed by atoms with Gasteiger partial charge in [-0.3, -0.25) is 0 Å². The zero-order valence-corrected chi connectivity index (χ0v) is 74.8. The van der Waals surface area contributed by atoms with Crippen LogP contribution in [-0.2, 0) is 0 Å². The molecule has 0 saturated carbocycles. The second-order valence-corrected chi connectivity index (χ2v) is 35.2. The van der Waals surface area contributed by atoms with E-state index in [4.69, 9.17) is 28.2 Å². The number of rotatable bonds is 13. The Labute approximate surface area is 794 Å². The van der Waals surface area contributed by atoms with Gasteiger partial charge in [-0.1, -0.05) is 315 Å². The summed E-state index contributed by atoms with van der Waals surface area (Å²) in [6, 6.07) is 175. The first-order valence-electron chi connectivity index (χ1n) is 46.7. The molecule has 9 aromatic heterocycles. The van der Waals surface area contributed by atoms with E-state index in [1.165, 1.54) is 65.5 Å². The smallest absolute Gasteiger partial charge is 0.136 e. The van der Waals surface area contributed by atoms with Crippen molar-refractivity contribution in [1.82, 2.24) is 28.7 Å². The first kappa shape index (κ1) is 80.3. The molecule has 0 unspecified atom stereocenters. The Balaban J connectivity index is 0.000000107. The SMILES string of the molecule is c1ccc(-c2cc(-c3ccc4oc5ccccc5c4c3)nc(-c3ccc4c(c3)c3ccccc3n4-c3ccccc3)c2)cc1.c1ccc(-c2cc(-c3ccc4oc5ccccc5c4c3)nc(-c3cccc4c3c3ccccc3n4-c3ccccc3)c2)cc1.c1ccc(-c2ccc(-c3cc(-c4ccc5c(c4)oc4ccccc45)nc(-c4ccc5c6ccccc6n(-c6ccccc6)c5c4)c3)cc2)cc1. The van der Waals surface area contributed by atoms with Gasteiger partial charge < -0.3 is 27.0 Å². The monoisotopic (exact) mass is 1760 g/mol. The molecule has 28 rings (SSSR count). The van der Waals surface area contributed by atoms with Crippen molar-refractivity contribution in [3.8, 4) is 129 Å². The van der Waals surface area contributed by atoms with E-state index in [1.54, 1.807) is 0 Å². The van der Waals surface area contributed by atoms with Gasteiger partial charge in [0, 0.05) is 115 Å². The minimum absolute atomic E-state index is 0.860. The van der Waals surface area contributed by atoms with Gasteiger partial charge in [0.05, 0.1) is 67.3 Å². The van der Waals surface area contributed by atoms with Gasteiger partial charge in [-0.2, -0.15) is 0 Å². The van der Waals surface area contributed by atoms with Crippen LogP contribution in [0.5, 0.6) is 0 Å². The van der Waals surface area contributed by atoms with E-state index >= 15 is 0 Å². The second kappa shape index (κ2) is 33.9. The minimum atomic E-state index is 0.860. The van der Waals surface area contributed by atoms with Crippen molar-refractivity contribution in [2.45, 2.75) is 0 Å². The highest BCUT2D eigenvalue weighted by Crippen LogP contribution is 2.46. The summed E-state index contributed by atoms with van der Waals surface area (Å²) in [6.45, 7) is 0. The predicted octanol–water partition coefficient (Wildman–Crippen LogP) is 34.9. The van der Waals surface area contributed by atoms with E-state index in [2.05, 4.69) is 475 Å². The summed E-state index contributed by atoms with van der Waals surface area (Å²) >= 11 is 0. The number of benzene rings is 19. The molecule has 0 aliphatic rings. The van der Waals surface area contributed by atoms with Crippen molar-refractivity contribution < 1.29 is 13.3 Å². The van der Waals surface area contributed by atoms with Crippen LogP contribution >= 0.6 is 0 Å². The lowest BCUT2D eigenvalue weighted by atomic mass is 9.97. The average Bonchev–Trinajstić information content (AvgIpc) is 1.61. The first-order chi connectivity index (χ1) is 68.4. The number of hydrogen-bond acceptors (Lipinski definition) is 6. The number of fused-ring (bicyclic) bond motifs is 18. The number of aromatic nitrogens is 6. The Morgan fingerprint density at radius 2 is 0.413 bits per heavy atom. The van der Waals surface area contributed by atoms with Crippen molar-refractivity contribution in [3.05, 3.63) is 497 Å². The molecular formula is C129H82N6O3. The summed E-state index contributed by atoms with van der Waals surface area (Å²) in [5.41, 5.74) is 37.0. The topological polar surface area (TPSA) is 92.9 Å². The van der Waals surface area contributed by atoms with Crippen LogP contribution in [0, 0.1) is 0 Å². The molecule has 0 saturated heterocycles. The molecule has 138 heavy (non-hydrogen) atoms. The van der Waals surface area contributed by atoms with Crippen LogP contribution in [0.2, 0.25) is 0 Å². The van der Waals surface area contributed by atoms with Crippen LogP contribution in [0.3, 0.4) is 0 Å². The molecular weight excluding hydrogens is 1680 g/mol. The zero-order valence-electron chi connectivity index (χ0n) is 74.8. The van der Waals surface area contributed by atoms with Crippen LogP contribution in [0.1, 0.15) is 0 Å². The molecule has 0 fully saturated rings. The number of nitrogens with zero attached hydrogens (tertiary/aromatic N) is 6. The summed E-state index contributed by atoms with van der Waals surface area (Å²) < 4.78 is 25.6. The number of furan rings is 3. The molecule has 0 spiro atoms. The van der Waals surface area contributed by atoms with Crippen LogP contribution in [0.25, 0.3) is 260 Å². The van der Waals surface area contributed by atoms with Crippen LogP contribution in [0.4, 0.5) is 0 Å². The largest absolute Gasteiger partial charge is 0.456 e. The quantitative estimate of drug-likeness (QED) is 0.114. The second-order valence-electron chi connectivity index (χ2n) is 35.2. The molecule has 0 aliphatic carbocycles. The maximum absolute atomic E-state index is 6.30. The van der Waals surface area contributed by atoms with E-state index in [9.17, 15) is 0 Å². The fourth-order valence-electron chi connectivity index (χ4n) is 20.4. The third kappa shape index (κ3) is 14.4. The van der Waals surface area contributed by atoms with Crippen LogP contribution in [0.15, 0.2) is 511 Å². The molecule has 9 heterocycles. The van der Waals surface area contributed by atoms with E-state index in [0.29, 0.717) is 0 Å². The normalized spacial score (nSPS) is 11.6. The number of pyridine rings is 3. The zero-order chi connectivity index (χ0) is 91.1. The van der Waals surface area contributed by atoms with Gasteiger partial charge in [0.25, 0.3) is 0 Å². The molecule has 9 nitrogen and oxygen atoms in total. The van der Waals surface area contributed by atoms with Crippen LogP contribution < -0.4 is 0 Å². The predicted molar refractivity (Wildman–Crippen MR) is 572 cm³/mol. The van der Waals surface area contributed by atoms with Gasteiger partial charge in [-0.25, -0.2) is 15.0 Å². The maximum atomic E-state index is 6.30. The van der Waals surface area contributed by atoms with Gasteiger partial charge in [-0.15, -0.1) is 0 Å². The first-order valence-corrected chi connectivity index (χ1v) is 46.7. The summed E-state index contributed by atoms with van der Waals surface area (Å²) in [4.78, 5) is 16.0. The van der Waals surface area contributed by atoms with Crippen molar-refractivity contribution in [3.63, 3.8) is 0 Å². The maximum Gasteiger partial charge on any atom is 0.136 e. The number of hydrogen-bond donors (Lipinski definition) is 0. The lowest BCUT2D eigenvalue weighted by Gasteiger charge is -2.12. The summed E-state index contributed by atoms with van der Waals surface area (Å²) in [5, 5.41) is 14.0. The van der Waals surface area contributed by atoms with Crippen molar-refractivity contribution >= 4 is 131 Å². The van der Waals surface area contributed by atoms with Gasteiger partial charge in [0.1, 0.15) is 33.5 Å². The summed E-state index contributed by atoms with van der Waals surface area (Å²) in [7, 11) is 0. The molecule has 0 N–H and O–H groups in total. The Kier molecular flexibility index (Phi) is 19.7. The fraction of sp³-hybridized carbons (Fsp3) is 0. The van der Waals surface area contributed by atoms with Gasteiger partial charge in [0.15, 0.2) is 0 Å². The van der Waals surface area contributed by atoms with Gasteiger partial charge in [-0.05, 0) is 226 Å². The highest BCUT2D eigenvalue weighted by atomic mass is 16.3. The average molecular weight is 1760 g/mol. The van der Waals surface area contributed by atoms with E-state index in [0.717, 1.165) is 195 Å².